The third-order valence-electron chi connectivity index (χ3n) is 4.48. The van der Waals surface area contributed by atoms with Gasteiger partial charge in [0.2, 0.25) is 0 Å². The molecule has 2 aromatic carbocycles. The molecule has 28 heavy (non-hydrogen) atoms. The predicted molar refractivity (Wildman–Crippen MR) is 108 cm³/mol. The molecule has 0 bridgehead atoms. The van der Waals surface area contributed by atoms with E-state index >= 15 is 0 Å². The van der Waals surface area contributed by atoms with Crippen LogP contribution >= 0.6 is 11.6 Å². The summed E-state index contributed by atoms with van der Waals surface area (Å²) >= 11 is 5.89. The fraction of sp³-hybridized carbons (Fsp3) is 0.333. The smallest absolute Gasteiger partial charge is 0.324 e. The largest absolute Gasteiger partial charge is 0.491 e. The van der Waals surface area contributed by atoms with E-state index in [0.29, 0.717) is 30.3 Å². The summed E-state index contributed by atoms with van der Waals surface area (Å²) in [7, 11) is 0. The molecule has 6 nitrogen and oxygen atoms in total. The topological polar surface area (TPSA) is 70.1 Å². The second kappa shape index (κ2) is 9.08. The number of rotatable bonds is 8. The van der Waals surface area contributed by atoms with Crippen molar-refractivity contribution in [2.24, 2.45) is 0 Å². The maximum atomic E-state index is 12.6. The Balaban J connectivity index is 1.48. The number of benzene rings is 2. The van der Waals surface area contributed by atoms with E-state index in [4.69, 9.17) is 16.3 Å². The average Bonchev–Trinajstić information content (AvgIpc) is 3.02. The minimum atomic E-state index is -0.800. The monoisotopic (exact) mass is 402 g/mol. The van der Waals surface area contributed by atoms with Crippen LogP contribution in [0.15, 0.2) is 48.5 Å². The number of halogens is 1. The number of ether oxygens (including phenoxy) is 1. The van der Waals surface area contributed by atoms with Gasteiger partial charge in [-0.2, -0.15) is 0 Å². The number of aliphatic hydroxyl groups excluding tert-OH is 1. The summed E-state index contributed by atoms with van der Waals surface area (Å²) in [6.07, 6.45) is -0.407. The molecular formula is C21H23ClN2O4. The second-order valence-electron chi connectivity index (χ2n) is 6.84. The minimum absolute atomic E-state index is 0.0801. The van der Waals surface area contributed by atoms with Crippen LogP contribution in [0.5, 0.6) is 5.75 Å². The van der Waals surface area contributed by atoms with Gasteiger partial charge < -0.3 is 14.7 Å². The number of urea groups is 1. The van der Waals surface area contributed by atoms with Crippen LogP contribution in [0.4, 0.5) is 10.5 Å². The Labute approximate surface area is 169 Å². The molecule has 0 saturated carbocycles. The van der Waals surface area contributed by atoms with Crippen molar-refractivity contribution >= 4 is 29.1 Å². The molecule has 1 N–H and O–H groups in total. The number of anilines is 1. The first-order chi connectivity index (χ1) is 13.4. The van der Waals surface area contributed by atoms with Gasteiger partial charge in [-0.15, -0.1) is 0 Å². The van der Waals surface area contributed by atoms with Crippen molar-refractivity contribution in [1.82, 2.24) is 4.90 Å². The quantitative estimate of drug-likeness (QED) is 0.736. The lowest BCUT2D eigenvalue weighted by atomic mass is 10.1. The maximum Gasteiger partial charge on any atom is 0.324 e. The van der Waals surface area contributed by atoms with E-state index in [1.165, 1.54) is 0 Å². The van der Waals surface area contributed by atoms with Gasteiger partial charge in [0.15, 0.2) is 0 Å². The van der Waals surface area contributed by atoms with Gasteiger partial charge in [0.05, 0.1) is 6.54 Å². The van der Waals surface area contributed by atoms with Crippen LogP contribution in [-0.2, 0) is 11.2 Å². The van der Waals surface area contributed by atoms with E-state index < -0.39 is 6.10 Å². The number of ketones is 1. The van der Waals surface area contributed by atoms with Gasteiger partial charge in [-0.3, -0.25) is 9.69 Å². The van der Waals surface area contributed by atoms with Crippen molar-refractivity contribution in [2.45, 2.75) is 19.4 Å². The zero-order valence-electron chi connectivity index (χ0n) is 15.7. The lowest BCUT2D eigenvalue weighted by Gasteiger charge is -2.21. The standard InChI is InChI=1S/C21H23ClN2O4/c1-15(25)12-16-2-8-20(9-3-16)28-14-19(26)13-23-10-11-24(21(23)27)18-6-4-17(22)5-7-18/h2-9,19,26H,10-14H2,1H3/t19-/m0/s1. The molecule has 0 spiro atoms. The molecule has 1 heterocycles. The molecule has 0 radical (unpaired) electrons. The Morgan fingerprint density at radius 2 is 1.82 bits per heavy atom. The van der Waals surface area contributed by atoms with Crippen molar-refractivity contribution in [3.63, 3.8) is 0 Å². The zero-order valence-corrected chi connectivity index (χ0v) is 16.4. The summed E-state index contributed by atoms with van der Waals surface area (Å²) in [5.74, 6) is 0.717. The number of nitrogens with zero attached hydrogens (tertiary/aromatic N) is 2. The summed E-state index contributed by atoms with van der Waals surface area (Å²) in [5.41, 5.74) is 1.71. The summed E-state index contributed by atoms with van der Waals surface area (Å²) in [6.45, 7) is 2.93. The highest BCUT2D eigenvalue weighted by Gasteiger charge is 2.30. The van der Waals surface area contributed by atoms with E-state index in [-0.39, 0.29) is 25.0 Å². The number of Topliss-reactive ketones (excluding diaryl/α,β-unsaturated/α-hetero) is 1. The summed E-state index contributed by atoms with van der Waals surface area (Å²) < 4.78 is 5.60. The van der Waals surface area contributed by atoms with Gasteiger partial charge in [0, 0.05) is 30.2 Å². The van der Waals surface area contributed by atoms with E-state index in [0.717, 1.165) is 11.3 Å². The SMILES string of the molecule is CC(=O)Cc1ccc(OC[C@@H](O)CN2CCN(c3ccc(Cl)cc3)C2=O)cc1. The predicted octanol–water partition coefficient (Wildman–Crippen LogP) is 3.15. The first-order valence-corrected chi connectivity index (χ1v) is 9.51. The molecular weight excluding hydrogens is 380 g/mol. The van der Waals surface area contributed by atoms with Gasteiger partial charge >= 0.3 is 6.03 Å². The second-order valence-corrected chi connectivity index (χ2v) is 7.28. The number of hydrogen-bond donors (Lipinski definition) is 1. The van der Waals surface area contributed by atoms with E-state index in [1.807, 2.05) is 12.1 Å². The van der Waals surface area contributed by atoms with E-state index in [9.17, 15) is 14.7 Å². The lowest BCUT2D eigenvalue weighted by Crippen LogP contribution is -2.39. The molecule has 3 rings (SSSR count). The molecule has 148 valence electrons. The highest BCUT2D eigenvalue weighted by atomic mass is 35.5. The van der Waals surface area contributed by atoms with Gasteiger partial charge in [0.25, 0.3) is 0 Å². The van der Waals surface area contributed by atoms with Crippen molar-refractivity contribution in [3.05, 3.63) is 59.1 Å². The minimum Gasteiger partial charge on any atom is -0.491 e. The third-order valence-corrected chi connectivity index (χ3v) is 4.74. The first kappa shape index (κ1) is 20.2. The van der Waals surface area contributed by atoms with Crippen LogP contribution in [0.25, 0.3) is 0 Å². The third kappa shape index (κ3) is 5.24. The number of aliphatic hydroxyl groups is 1. The number of carbonyl (C=O) groups excluding carboxylic acids is 2. The Morgan fingerprint density at radius 1 is 1.14 bits per heavy atom. The number of hydrogen-bond acceptors (Lipinski definition) is 4. The molecule has 1 fully saturated rings. The van der Waals surface area contributed by atoms with Crippen molar-refractivity contribution in [3.8, 4) is 5.75 Å². The number of carbonyl (C=O) groups is 2. The van der Waals surface area contributed by atoms with Crippen LogP contribution in [0, 0.1) is 0 Å². The lowest BCUT2D eigenvalue weighted by molar-refractivity contribution is -0.116. The number of β-amino-alcohol motifs (C(OH)–C–C–N with tert-alkyl or cyclic N) is 1. The summed E-state index contributed by atoms with van der Waals surface area (Å²) in [4.78, 5) is 27.0. The fourth-order valence-electron chi connectivity index (χ4n) is 3.10. The average molecular weight is 403 g/mol. The van der Waals surface area contributed by atoms with Crippen molar-refractivity contribution in [2.75, 3.05) is 31.1 Å². The van der Waals surface area contributed by atoms with Crippen LogP contribution in [0.3, 0.4) is 0 Å². The molecule has 0 unspecified atom stereocenters. The van der Waals surface area contributed by atoms with E-state index in [2.05, 4.69) is 0 Å². The molecule has 7 heteroatoms. The maximum absolute atomic E-state index is 12.6. The summed E-state index contributed by atoms with van der Waals surface area (Å²) in [5, 5.41) is 10.9. The van der Waals surface area contributed by atoms with Gasteiger partial charge in [-0.25, -0.2) is 4.79 Å². The zero-order chi connectivity index (χ0) is 20.1. The van der Waals surface area contributed by atoms with Crippen molar-refractivity contribution in [1.29, 1.82) is 0 Å². The highest BCUT2D eigenvalue weighted by molar-refractivity contribution is 6.30. The van der Waals surface area contributed by atoms with Crippen LogP contribution in [-0.4, -0.2) is 54.2 Å². The molecule has 2 aromatic rings. The van der Waals surface area contributed by atoms with Gasteiger partial charge in [-0.05, 0) is 48.9 Å². The Bertz CT molecular complexity index is 823. The normalized spacial score (nSPS) is 15.0. The molecule has 1 saturated heterocycles. The molecule has 1 atom stereocenters. The van der Waals surface area contributed by atoms with E-state index in [1.54, 1.807) is 53.1 Å². The first-order valence-electron chi connectivity index (χ1n) is 9.13. The fourth-order valence-corrected chi connectivity index (χ4v) is 3.23. The number of amides is 2. The Morgan fingerprint density at radius 3 is 2.46 bits per heavy atom. The van der Waals surface area contributed by atoms with Gasteiger partial charge in [-0.1, -0.05) is 23.7 Å². The molecule has 0 aliphatic carbocycles. The van der Waals surface area contributed by atoms with Crippen LogP contribution in [0.2, 0.25) is 5.02 Å². The molecule has 2 amide bonds. The van der Waals surface area contributed by atoms with Crippen LogP contribution in [0.1, 0.15) is 12.5 Å². The van der Waals surface area contributed by atoms with Gasteiger partial charge in [0.1, 0.15) is 24.2 Å². The Kier molecular flexibility index (Phi) is 6.54. The van der Waals surface area contributed by atoms with Crippen molar-refractivity contribution < 1.29 is 19.4 Å². The molecule has 1 aliphatic heterocycles. The Hall–Kier alpha value is -2.57. The highest BCUT2D eigenvalue weighted by Crippen LogP contribution is 2.22. The molecule has 0 aromatic heterocycles. The molecule has 1 aliphatic rings. The summed E-state index contributed by atoms with van der Waals surface area (Å²) in [6, 6.07) is 14.2. The van der Waals surface area contributed by atoms with Crippen LogP contribution < -0.4 is 9.64 Å².